The minimum Gasteiger partial charge on any atom is -0.508 e. The number of rotatable bonds is 4. The van der Waals surface area contributed by atoms with Crippen LogP contribution < -0.4 is 5.32 Å². The zero-order valence-electron chi connectivity index (χ0n) is 14.1. The Morgan fingerprint density at radius 1 is 1.08 bits per heavy atom. The largest absolute Gasteiger partial charge is 0.508 e. The van der Waals surface area contributed by atoms with Crippen molar-refractivity contribution in [1.29, 1.82) is 0 Å². The van der Waals surface area contributed by atoms with Crippen molar-refractivity contribution in [3.05, 3.63) is 77.9 Å². The molecule has 0 spiro atoms. The monoisotopic (exact) mass is 346 g/mol. The zero-order chi connectivity index (χ0) is 18.1. The smallest absolute Gasteiger partial charge is 0.130 e. The number of benzene rings is 2. The van der Waals surface area contributed by atoms with Crippen molar-refractivity contribution < 1.29 is 10.2 Å². The Labute approximate surface area is 150 Å². The van der Waals surface area contributed by atoms with Gasteiger partial charge >= 0.3 is 0 Å². The third-order valence-corrected chi connectivity index (χ3v) is 4.43. The van der Waals surface area contributed by atoms with Gasteiger partial charge in [0.2, 0.25) is 0 Å². The number of hydrogen-bond donors (Lipinski definition) is 4. The molecule has 130 valence electrons. The molecule has 4 N–H and O–H groups in total. The second kappa shape index (κ2) is 6.40. The number of aromatic hydroxyl groups is 2. The number of H-pyrrole nitrogens is 1. The maximum atomic E-state index is 10.5. The summed E-state index contributed by atoms with van der Waals surface area (Å²) in [4.78, 5) is 11.6. The molecule has 2 heterocycles. The van der Waals surface area contributed by atoms with Gasteiger partial charge in [0.1, 0.15) is 23.6 Å². The first-order valence-electron chi connectivity index (χ1n) is 8.25. The summed E-state index contributed by atoms with van der Waals surface area (Å²) in [7, 11) is 0. The fraction of sp³-hybridized carbons (Fsp3) is 0.100. The summed E-state index contributed by atoms with van der Waals surface area (Å²) >= 11 is 0. The lowest BCUT2D eigenvalue weighted by Crippen LogP contribution is -2.14. The van der Waals surface area contributed by atoms with E-state index in [1.54, 1.807) is 24.4 Å². The molecule has 6 nitrogen and oxygen atoms in total. The van der Waals surface area contributed by atoms with E-state index in [1.807, 2.05) is 31.2 Å². The lowest BCUT2D eigenvalue weighted by molar-refractivity contribution is 0.445. The van der Waals surface area contributed by atoms with E-state index < -0.39 is 0 Å². The van der Waals surface area contributed by atoms with E-state index in [0.29, 0.717) is 11.4 Å². The number of aromatic nitrogens is 3. The van der Waals surface area contributed by atoms with Crippen LogP contribution in [0.4, 0.5) is 5.82 Å². The van der Waals surface area contributed by atoms with Crippen LogP contribution in [0, 0.1) is 6.92 Å². The van der Waals surface area contributed by atoms with E-state index in [-0.39, 0.29) is 17.5 Å². The number of para-hydroxylation sites is 1. The number of hydrogen-bond acceptors (Lipinski definition) is 5. The van der Waals surface area contributed by atoms with Gasteiger partial charge in [-0.3, -0.25) is 0 Å². The predicted molar refractivity (Wildman–Crippen MR) is 100 cm³/mol. The van der Waals surface area contributed by atoms with Crippen LogP contribution >= 0.6 is 0 Å². The van der Waals surface area contributed by atoms with Crippen LogP contribution in [0.25, 0.3) is 10.9 Å². The number of nitrogens with one attached hydrogen (secondary N) is 2. The highest BCUT2D eigenvalue weighted by Gasteiger charge is 2.24. The quantitative estimate of drug-likeness (QED) is 0.450. The van der Waals surface area contributed by atoms with Crippen molar-refractivity contribution in [2.24, 2.45) is 0 Å². The second-order valence-corrected chi connectivity index (χ2v) is 6.12. The first kappa shape index (κ1) is 16.0. The molecule has 0 aliphatic rings. The Kier molecular flexibility index (Phi) is 3.93. The number of fused-ring (bicyclic) bond motifs is 1. The van der Waals surface area contributed by atoms with Gasteiger partial charge in [-0.25, -0.2) is 9.97 Å². The Morgan fingerprint density at radius 2 is 1.92 bits per heavy atom. The molecule has 6 heteroatoms. The second-order valence-electron chi connectivity index (χ2n) is 6.12. The molecule has 0 radical (unpaired) electrons. The fourth-order valence-electron chi connectivity index (χ4n) is 3.28. The molecule has 4 aromatic rings. The van der Waals surface area contributed by atoms with Crippen molar-refractivity contribution >= 4 is 16.7 Å². The van der Waals surface area contributed by atoms with E-state index in [2.05, 4.69) is 20.3 Å². The van der Waals surface area contributed by atoms with Gasteiger partial charge < -0.3 is 20.5 Å². The molecule has 2 aromatic heterocycles. The maximum Gasteiger partial charge on any atom is 0.130 e. The highest BCUT2D eigenvalue weighted by molar-refractivity contribution is 5.86. The van der Waals surface area contributed by atoms with E-state index in [1.165, 1.54) is 12.4 Å². The molecular weight excluding hydrogens is 328 g/mol. The normalized spacial score (nSPS) is 12.2. The van der Waals surface area contributed by atoms with Crippen molar-refractivity contribution in [2.75, 3.05) is 5.32 Å². The number of anilines is 1. The summed E-state index contributed by atoms with van der Waals surface area (Å²) in [5, 5.41) is 24.6. The molecule has 26 heavy (non-hydrogen) atoms. The third kappa shape index (κ3) is 2.82. The van der Waals surface area contributed by atoms with E-state index >= 15 is 0 Å². The van der Waals surface area contributed by atoms with Crippen LogP contribution in [0.2, 0.25) is 0 Å². The first-order chi connectivity index (χ1) is 12.6. The Bertz CT molecular complexity index is 1060. The topological polar surface area (TPSA) is 94.1 Å². The van der Waals surface area contributed by atoms with Crippen LogP contribution in [0.1, 0.15) is 22.9 Å². The molecule has 0 aliphatic heterocycles. The molecule has 0 fully saturated rings. The van der Waals surface area contributed by atoms with Gasteiger partial charge in [0.15, 0.2) is 0 Å². The minimum atomic E-state index is -0.360. The van der Waals surface area contributed by atoms with Gasteiger partial charge in [0, 0.05) is 40.0 Å². The zero-order valence-corrected chi connectivity index (χ0v) is 14.1. The summed E-state index contributed by atoms with van der Waals surface area (Å²) in [6.07, 6.45) is 3.13. The number of nitrogens with zero attached hydrogens (tertiary/aromatic N) is 2. The molecule has 2 aromatic carbocycles. The van der Waals surface area contributed by atoms with Gasteiger partial charge in [-0.2, -0.15) is 0 Å². The van der Waals surface area contributed by atoms with E-state index in [4.69, 9.17) is 0 Å². The van der Waals surface area contributed by atoms with Crippen molar-refractivity contribution in [1.82, 2.24) is 15.0 Å². The maximum absolute atomic E-state index is 10.5. The van der Waals surface area contributed by atoms with Crippen molar-refractivity contribution in [2.45, 2.75) is 13.0 Å². The van der Waals surface area contributed by atoms with Crippen LogP contribution in [-0.4, -0.2) is 25.2 Å². The summed E-state index contributed by atoms with van der Waals surface area (Å²) in [6.45, 7) is 2.00. The van der Waals surface area contributed by atoms with E-state index in [9.17, 15) is 10.2 Å². The highest BCUT2D eigenvalue weighted by atomic mass is 16.3. The molecule has 0 saturated heterocycles. The van der Waals surface area contributed by atoms with Crippen LogP contribution in [-0.2, 0) is 0 Å². The van der Waals surface area contributed by atoms with Crippen molar-refractivity contribution in [3.8, 4) is 11.5 Å². The van der Waals surface area contributed by atoms with Gasteiger partial charge in [0.25, 0.3) is 0 Å². The molecule has 0 aliphatic carbocycles. The third-order valence-electron chi connectivity index (χ3n) is 4.43. The van der Waals surface area contributed by atoms with Gasteiger partial charge in [0.05, 0.1) is 6.04 Å². The number of aryl methyl sites for hydroxylation is 1. The average molecular weight is 346 g/mol. The summed E-state index contributed by atoms with van der Waals surface area (Å²) in [5.74, 6) is 0.672. The highest BCUT2D eigenvalue weighted by Crippen LogP contribution is 2.38. The molecule has 1 unspecified atom stereocenters. The number of aromatic amines is 1. The lowest BCUT2D eigenvalue weighted by Gasteiger charge is -2.22. The van der Waals surface area contributed by atoms with Crippen LogP contribution in [0.5, 0.6) is 11.5 Å². The lowest BCUT2D eigenvalue weighted by atomic mass is 9.95. The summed E-state index contributed by atoms with van der Waals surface area (Å²) in [5.41, 5.74) is 3.67. The van der Waals surface area contributed by atoms with Gasteiger partial charge in [-0.1, -0.05) is 18.2 Å². The SMILES string of the molecule is Cc1[nH]c2ccccc2c1C(Nc1ccncn1)c1ccc(O)cc1O. The van der Waals surface area contributed by atoms with E-state index in [0.717, 1.165) is 22.2 Å². The number of phenolic OH excluding ortho intramolecular Hbond substituents is 2. The summed E-state index contributed by atoms with van der Waals surface area (Å²) < 4.78 is 0. The Balaban J connectivity index is 1.91. The molecular formula is C20H18N4O2. The minimum absolute atomic E-state index is 0.0150. The Hall–Kier alpha value is -3.54. The molecule has 4 rings (SSSR count). The molecule has 0 saturated carbocycles. The molecule has 0 amide bonds. The van der Waals surface area contributed by atoms with Gasteiger partial charge in [-0.05, 0) is 31.2 Å². The summed E-state index contributed by atoms with van der Waals surface area (Å²) in [6, 6.07) is 14.1. The Morgan fingerprint density at radius 3 is 2.69 bits per heavy atom. The van der Waals surface area contributed by atoms with Crippen LogP contribution in [0.3, 0.4) is 0 Å². The average Bonchev–Trinajstić information content (AvgIpc) is 2.97. The number of phenols is 2. The fourth-order valence-corrected chi connectivity index (χ4v) is 3.28. The van der Waals surface area contributed by atoms with Gasteiger partial charge in [-0.15, -0.1) is 0 Å². The van der Waals surface area contributed by atoms with Crippen LogP contribution in [0.15, 0.2) is 61.1 Å². The molecule has 0 bridgehead atoms. The first-order valence-corrected chi connectivity index (χ1v) is 8.25. The predicted octanol–water partition coefficient (Wildman–Crippen LogP) is 3.88. The molecule has 1 atom stereocenters. The van der Waals surface area contributed by atoms with Crippen molar-refractivity contribution in [3.63, 3.8) is 0 Å². The standard InChI is InChI=1S/C20H18N4O2/c1-12-19(14-4-2-3-5-16(14)23-12)20(24-18-8-9-21-11-22-18)15-7-6-13(25)10-17(15)26/h2-11,20,23,25-26H,1H3,(H,21,22,24).